The third-order valence-electron chi connectivity index (χ3n) is 6.10. The van der Waals surface area contributed by atoms with Crippen LogP contribution in [0.15, 0.2) is 39.9 Å². The number of nitrogens with one attached hydrogen (secondary N) is 1. The van der Waals surface area contributed by atoms with Gasteiger partial charge in [-0.2, -0.15) is 5.10 Å². The molecule has 0 bridgehead atoms. The molecule has 36 heavy (non-hydrogen) atoms. The lowest BCUT2D eigenvalue weighted by molar-refractivity contribution is 0.0458. The Morgan fingerprint density at radius 3 is 2.42 bits per heavy atom. The number of benzene rings is 1. The standard InChI is InChI=1S/C26H32N6O4/c1-5-7-13-31-23-22(24(33)28-26(31)35)30(12-6-2)21(27-23)16-36-25(34)20-10-8-19(9-11-20)15-32-18(4)14-17(3)29-32/h8-11,14H,5-7,12-13,15-16H2,1-4H3,(H,28,33,35). The first kappa shape index (κ1) is 25.2. The number of rotatable bonds is 10. The van der Waals surface area contributed by atoms with Gasteiger partial charge in [-0.3, -0.25) is 19.0 Å². The van der Waals surface area contributed by atoms with Crippen LogP contribution in [0, 0.1) is 13.8 Å². The number of aryl methyl sites for hydroxylation is 4. The van der Waals surface area contributed by atoms with E-state index in [2.05, 4.69) is 15.1 Å². The highest BCUT2D eigenvalue weighted by Crippen LogP contribution is 2.16. The Bertz CT molecular complexity index is 1490. The van der Waals surface area contributed by atoms with E-state index in [1.54, 1.807) is 16.7 Å². The highest BCUT2D eigenvalue weighted by Gasteiger charge is 2.19. The number of unbranched alkanes of at least 4 members (excludes halogenated alkanes) is 1. The molecule has 190 valence electrons. The second-order valence-electron chi connectivity index (χ2n) is 8.97. The molecule has 10 heteroatoms. The first-order valence-corrected chi connectivity index (χ1v) is 12.3. The third-order valence-corrected chi connectivity index (χ3v) is 6.10. The van der Waals surface area contributed by atoms with Crippen LogP contribution in [0.2, 0.25) is 0 Å². The molecule has 0 unspecified atom stereocenters. The van der Waals surface area contributed by atoms with Crippen LogP contribution >= 0.6 is 0 Å². The van der Waals surface area contributed by atoms with Gasteiger partial charge >= 0.3 is 11.7 Å². The molecule has 4 rings (SSSR count). The van der Waals surface area contributed by atoms with E-state index in [9.17, 15) is 14.4 Å². The molecule has 0 aliphatic carbocycles. The lowest BCUT2D eigenvalue weighted by atomic mass is 10.1. The molecule has 0 spiro atoms. The number of ether oxygens (including phenoxy) is 1. The fraction of sp³-hybridized carbons (Fsp3) is 0.423. The summed E-state index contributed by atoms with van der Waals surface area (Å²) in [6.07, 6.45) is 2.42. The first-order chi connectivity index (χ1) is 17.3. The predicted octanol–water partition coefficient (Wildman–Crippen LogP) is 3.32. The zero-order chi connectivity index (χ0) is 25.8. The van der Waals surface area contributed by atoms with Crippen LogP contribution < -0.4 is 11.2 Å². The minimum atomic E-state index is -0.487. The molecule has 0 amide bonds. The van der Waals surface area contributed by atoms with E-state index in [1.807, 2.05) is 50.6 Å². The van der Waals surface area contributed by atoms with Crippen LogP contribution in [0.4, 0.5) is 0 Å². The van der Waals surface area contributed by atoms with E-state index in [1.165, 1.54) is 4.57 Å². The number of aromatic nitrogens is 6. The molecule has 10 nitrogen and oxygen atoms in total. The average Bonchev–Trinajstić information content (AvgIpc) is 3.36. The summed E-state index contributed by atoms with van der Waals surface area (Å²) in [4.78, 5) is 44.8. The van der Waals surface area contributed by atoms with Crippen molar-refractivity contribution in [2.75, 3.05) is 0 Å². The van der Waals surface area contributed by atoms with Gasteiger partial charge in [-0.05, 0) is 50.5 Å². The zero-order valence-electron chi connectivity index (χ0n) is 21.2. The summed E-state index contributed by atoms with van der Waals surface area (Å²) in [5.74, 6) is -0.0530. The van der Waals surface area contributed by atoms with E-state index >= 15 is 0 Å². The Balaban J connectivity index is 1.54. The maximum Gasteiger partial charge on any atom is 0.338 e. The first-order valence-electron chi connectivity index (χ1n) is 12.3. The van der Waals surface area contributed by atoms with Gasteiger partial charge in [-0.1, -0.05) is 32.4 Å². The van der Waals surface area contributed by atoms with Gasteiger partial charge in [0.05, 0.1) is 17.8 Å². The van der Waals surface area contributed by atoms with Crippen molar-refractivity contribution in [3.05, 3.63) is 79.5 Å². The number of H-pyrrole nitrogens is 1. The Labute approximate surface area is 208 Å². The molecule has 3 heterocycles. The molecule has 0 saturated carbocycles. The van der Waals surface area contributed by atoms with Gasteiger partial charge in [0.25, 0.3) is 5.56 Å². The highest BCUT2D eigenvalue weighted by atomic mass is 16.5. The lowest BCUT2D eigenvalue weighted by Crippen LogP contribution is -2.31. The van der Waals surface area contributed by atoms with Gasteiger partial charge in [0.2, 0.25) is 0 Å². The van der Waals surface area contributed by atoms with Crippen LogP contribution in [-0.4, -0.2) is 34.9 Å². The van der Waals surface area contributed by atoms with Crippen molar-refractivity contribution in [1.29, 1.82) is 0 Å². The van der Waals surface area contributed by atoms with Crippen molar-refractivity contribution < 1.29 is 9.53 Å². The Morgan fingerprint density at radius 1 is 1.03 bits per heavy atom. The third kappa shape index (κ3) is 5.17. The fourth-order valence-corrected chi connectivity index (χ4v) is 4.28. The molecule has 0 aliphatic heterocycles. The molecule has 1 N–H and O–H groups in total. The number of fused-ring (bicyclic) bond motifs is 1. The van der Waals surface area contributed by atoms with Crippen molar-refractivity contribution in [2.24, 2.45) is 0 Å². The summed E-state index contributed by atoms with van der Waals surface area (Å²) in [5.41, 5.74) is 3.16. The largest absolute Gasteiger partial charge is 0.454 e. The molecular weight excluding hydrogens is 460 g/mol. The molecule has 0 atom stereocenters. The highest BCUT2D eigenvalue weighted by molar-refractivity contribution is 5.89. The maximum atomic E-state index is 12.8. The summed E-state index contributed by atoms with van der Waals surface area (Å²) in [5, 5.41) is 4.47. The Hall–Kier alpha value is -3.95. The normalized spacial score (nSPS) is 11.3. The molecule has 3 aromatic heterocycles. The van der Waals surface area contributed by atoms with Crippen LogP contribution in [0.3, 0.4) is 0 Å². The van der Waals surface area contributed by atoms with Crippen LogP contribution in [-0.2, 0) is 31.0 Å². The van der Waals surface area contributed by atoms with Gasteiger partial charge in [0, 0.05) is 18.8 Å². The number of hydrogen-bond acceptors (Lipinski definition) is 6. The van der Waals surface area contributed by atoms with Gasteiger partial charge in [0.1, 0.15) is 12.4 Å². The summed E-state index contributed by atoms with van der Waals surface area (Å²) >= 11 is 0. The van der Waals surface area contributed by atoms with Gasteiger partial charge in [0.15, 0.2) is 11.2 Å². The molecule has 0 radical (unpaired) electrons. The monoisotopic (exact) mass is 492 g/mol. The summed E-state index contributed by atoms with van der Waals surface area (Å²) in [6, 6.07) is 9.24. The van der Waals surface area contributed by atoms with Crippen LogP contribution in [0.1, 0.15) is 66.2 Å². The zero-order valence-corrected chi connectivity index (χ0v) is 21.2. The fourth-order valence-electron chi connectivity index (χ4n) is 4.28. The summed E-state index contributed by atoms with van der Waals surface area (Å²) in [6.45, 7) is 9.45. The number of nitrogens with zero attached hydrogens (tertiary/aromatic N) is 5. The smallest absolute Gasteiger partial charge is 0.338 e. The van der Waals surface area contributed by atoms with Gasteiger partial charge in [-0.25, -0.2) is 14.6 Å². The second kappa shape index (κ2) is 10.8. The number of esters is 1. The SMILES string of the molecule is CCCCn1c(=O)[nH]c(=O)c2c1nc(COC(=O)c1ccc(Cn3nc(C)cc3C)cc1)n2CCC. The number of imidazole rings is 1. The molecule has 0 fully saturated rings. The van der Waals surface area contributed by atoms with Crippen molar-refractivity contribution in [1.82, 2.24) is 28.9 Å². The van der Waals surface area contributed by atoms with E-state index in [0.717, 1.165) is 36.2 Å². The summed E-state index contributed by atoms with van der Waals surface area (Å²) in [7, 11) is 0. The van der Waals surface area contributed by atoms with Crippen LogP contribution in [0.5, 0.6) is 0 Å². The van der Waals surface area contributed by atoms with E-state index in [-0.39, 0.29) is 6.61 Å². The second-order valence-corrected chi connectivity index (χ2v) is 8.97. The Morgan fingerprint density at radius 2 is 1.78 bits per heavy atom. The van der Waals surface area contributed by atoms with E-state index in [0.29, 0.717) is 42.2 Å². The Kier molecular flexibility index (Phi) is 7.52. The van der Waals surface area contributed by atoms with Gasteiger partial charge < -0.3 is 9.30 Å². The van der Waals surface area contributed by atoms with Crippen molar-refractivity contribution in [3.63, 3.8) is 0 Å². The van der Waals surface area contributed by atoms with Crippen molar-refractivity contribution in [3.8, 4) is 0 Å². The number of carbonyl (C=O) groups excluding carboxylic acids is 1. The number of aromatic amines is 1. The predicted molar refractivity (Wildman–Crippen MR) is 136 cm³/mol. The summed E-state index contributed by atoms with van der Waals surface area (Å²) < 4.78 is 10.7. The number of carbonyl (C=O) groups is 1. The van der Waals surface area contributed by atoms with E-state index in [4.69, 9.17) is 4.74 Å². The molecule has 0 aliphatic rings. The van der Waals surface area contributed by atoms with E-state index < -0.39 is 17.2 Å². The molecular formula is C26H32N6O4. The quantitative estimate of drug-likeness (QED) is 0.340. The minimum absolute atomic E-state index is 0.109. The molecule has 4 aromatic rings. The topological polar surface area (TPSA) is 117 Å². The van der Waals surface area contributed by atoms with Crippen LogP contribution in [0.25, 0.3) is 11.2 Å². The molecule has 1 aromatic carbocycles. The molecule has 0 saturated heterocycles. The maximum absolute atomic E-state index is 12.8. The minimum Gasteiger partial charge on any atom is -0.454 e. The van der Waals surface area contributed by atoms with Crippen molar-refractivity contribution >= 4 is 17.1 Å². The lowest BCUT2D eigenvalue weighted by Gasteiger charge is -2.09. The van der Waals surface area contributed by atoms with Gasteiger partial charge in [-0.15, -0.1) is 0 Å². The number of hydrogen-bond donors (Lipinski definition) is 1. The average molecular weight is 493 g/mol. The van der Waals surface area contributed by atoms with Crippen molar-refractivity contribution in [2.45, 2.75) is 73.2 Å².